The maximum Gasteiger partial charge on any atom is 0.310 e. The number of hydrogen-bond donors (Lipinski definition) is 1. The quantitative estimate of drug-likeness (QED) is 0.842. The van der Waals surface area contributed by atoms with E-state index in [9.17, 15) is 9.90 Å². The molecule has 1 N–H and O–H groups in total. The van der Waals surface area contributed by atoms with E-state index < -0.39 is 11.4 Å². The van der Waals surface area contributed by atoms with Crippen molar-refractivity contribution < 1.29 is 14.6 Å². The molecule has 1 heterocycles. The van der Waals surface area contributed by atoms with Gasteiger partial charge in [0, 0.05) is 20.2 Å². The molecule has 0 aromatic heterocycles. The zero-order chi connectivity index (χ0) is 14.6. The van der Waals surface area contributed by atoms with Crippen molar-refractivity contribution in [2.24, 2.45) is 17.3 Å². The van der Waals surface area contributed by atoms with Crippen molar-refractivity contribution in [2.75, 3.05) is 33.4 Å². The molecule has 20 heavy (non-hydrogen) atoms. The lowest BCUT2D eigenvalue weighted by Crippen LogP contribution is -2.48. The molecule has 0 radical (unpaired) electrons. The van der Waals surface area contributed by atoms with Gasteiger partial charge in [-0.1, -0.05) is 6.92 Å². The average molecular weight is 283 g/mol. The summed E-state index contributed by atoms with van der Waals surface area (Å²) in [6.07, 6.45) is 6.18. The van der Waals surface area contributed by atoms with Crippen LogP contribution >= 0.6 is 0 Å². The fourth-order valence-corrected chi connectivity index (χ4v) is 3.85. The van der Waals surface area contributed by atoms with Crippen molar-refractivity contribution in [1.29, 1.82) is 0 Å². The Kier molecular flexibility index (Phi) is 5.44. The van der Waals surface area contributed by atoms with E-state index in [-0.39, 0.29) is 0 Å². The van der Waals surface area contributed by atoms with Crippen LogP contribution in [0.2, 0.25) is 0 Å². The molecular formula is C16H29NO3. The van der Waals surface area contributed by atoms with Crippen LogP contribution in [0, 0.1) is 17.3 Å². The van der Waals surface area contributed by atoms with Crippen molar-refractivity contribution in [2.45, 2.75) is 45.4 Å². The molecule has 2 rings (SSSR count). The second-order valence-electron chi connectivity index (χ2n) is 6.97. The number of methoxy groups -OCH3 is 1. The van der Waals surface area contributed by atoms with Crippen molar-refractivity contribution in [3.05, 3.63) is 0 Å². The van der Waals surface area contributed by atoms with Gasteiger partial charge in [0.1, 0.15) is 0 Å². The summed E-state index contributed by atoms with van der Waals surface area (Å²) in [6.45, 7) is 5.81. The number of carboxylic acid groups (broad SMARTS) is 1. The molecule has 4 nitrogen and oxygen atoms in total. The van der Waals surface area contributed by atoms with Crippen LogP contribution in [0.1, 0.15) is 45.4 Å². The summed E-state index contributed by atoms with van der Waals surface area (Å²) in [7, 11) is 1.75. The Bertz CT molecular complexity index is 322. The number of carboxylic acids is 1. The number of rotatable bonds is 5. The standard InChI is InChI=1S/C16H29NO3/c1-13-5-7-16(8-6-13,15(18)19)12-17-9-3-4-14(10-17)11-20-2/h13-14H,3-12H2,1-2H3,(H,18,19). The lowest BCUT2D eigenvalue weighted by Gasteiger charge is -2.42. The lowest BCUT2D eigenvalue weighted by atomic mass is 9.70. The number of nitrogens with zero attached hydrogens (tertiary/aromatic N) is 1. The number of ether oxygens (including phenoxy) is 1. The molecule has 116 valence electrons. The van der Waals surface area contributed by atoms with Gasteiger partial charge in [0.25, 0.3) is 0 Å². The molecule has 1 atom stereocenters. The highest BCUT2D eigenvalue weighted by atomic mass is 16.5. The molecule has 1 saturated carbocycles. The Morgan fingerprint density at radius 3 is 2.65 bits per heavy atom. The van der Waals surface area contributed by atoms with Gasteiger partial charge in [0.2, 0.25) is 0 Å². The number of likely N-dealkylation sites (tertiary alicyclic amines) is 1. The number of aliphatic carboxylic acids is 1. The second kappa shape index (κ2) is 6.90. The van der Waals surface area contributed by atoms with E-state index in [1.807, 2.05) is 0 Å². The smallest absolute Gasteiger partial charge is 0.310 e. The van der Waals surface area contributed by atoms with Crippen LogP contribution in [0.5, 0.6) is 0 Å². The van der Waals surface area contributed by atoms with Gasteiger partial charge in [-0.05, 0) is 56.9 Å². The van der Waals surface area contributed by atoms with Gasteiger partial charge in [0.15, 0.2) is 0 Å². The Hall–Kier alpha value is -0.610. The molecule has 2 aliphatic rings. The van der Waals surface area contributed by atoms with Gasteiger partial charge in [-0.2, -0.15) is 0 Å². The zero-order valence-corrected chi connectivity index (χ0v) is 12.9. The fourth-order valence-electron chi connectivity index (χ4n) is 3.85. The number of hydrogen-bond acceptors (Lipinski definition) is 3. The predicted octanol–water partition coefficient (Wildman–Crippen LogP) is 2.63. The van der Waals surface area contributed by atoms with Crippen LogP contribution in [-0.2, 0) is 9.53 Å². The molecule has 1 aliphatic heterocycles. The summed E-state index contributed by atoms with van der Waals surface area (Å²) in [6, 6.07) is 0. The van der Waals surface area contributed by atoms with Crippen LogP contribution in [0.3, 0.4) is 0 Å². The van der Waals surface area contributed by atoms with Gasteiger partial charge in [-0.3, -0.25) is 4.79 Å². The molecule has 0 amide bonds. The summed E-state index contributed by atoms with van der Waals surface area (Å²) in [4.78, 5) is 14.2. The van der Waals surface area contributed by atoms with E-state index in [0.717, 1.165) is 51.9 Å². The van der Waals surface area contributed by atoms with Crippen LogP contribution in [0.25, 0.3) is 0 Å². The molecule has 1 unspecified atom stereocenters. The number of carbonyl (C=O) groups is 1. The van der Waals surface area contributed by atoms with Gasteiger partial charge in [0.05, 0.1) is 12.0 Å². The Labute approximate surface area is 122 Å². The first-order chi connectivity index (χ1) is 9.55. The third-order valence-corrected chi connectivity index (χ3v) is 5.22. The van der Waals surface area contributed by atoms with Gasteiger partial charge in [-0.15, -0.1) is 0 Å². The van der Waals surface area contributed by atoms with E-state index in [2.05, 4.69) is 11.8 Å². The highest BCUT2D eigenvalue weighted by molar-refractivity contribution is 5.75. The first-order valence-corrected chi connectivity index (χ1v) is 8.00. The highest BCUT2D eigenvalue weighted by Gasteiger charge is 2.42. The van der Waals surface area contributed by atoms with Crippen molar-refractivity contribution in [1.82, 2.24) is 4.90 Å². The number of piperidine rings is 1. The van der Waals surface area contributed by atoms with Crippen molar-refractivity contribution >= 4 is 5.97 Å². The summed E-state index contributed by atoms with van der Waals surface area (Å²) in [5.41, 5.74) is -0.499. The Morgan fingerprint density at radius 2 is 2.05 bits per heavy atom. The molecule has 4 heteroatoms. The largest absolute Gasteiger partial charge is 0.481 e. The summed E-state index contributed by atoms with van der Waals surface area (Å²) in [5.74, 6) is 0.672. The van der Waals surface area contributed by atoms with Gasteiger partial charge in [-0.25, -0.2) is 0 Å². The monoisotopic (exact) mass is 283 g/mol. The molecule has 2 fully saturated rings. The lowest BCUT2D eigenvalue weighted by molar-refractivity contribution is -0.153. The maximum absolute atomic E-state index is 11.8. The topological polar surface area (TPSA) is 49.8 Å². The Balaban J connectivity index is 1.96. The van der Waals surface area contributed by atoms with Gasteiger partial charge < -0.3 is 14.7 Å². The van der Waals surface area contributed by atoms with E-state index in [1.54, 1.807) is 7.11 Å². The Morgan fingerprint density at radius 1 is 1.35 bits per heavy atom. The third kappa shape index (κ3) is 3.73. The molecule has 0 aromatic carbocycles. The molecule has 0 aromatic rings. The first kappa shape index (κ1) is 15.8. The van der Waals surface area contributed by atoms with Crippen molar-refractivity contribution in [3.8, 4) is 0 Å². The predicted molar refractivity (Wildman–Crippen MR) is 78.7 cm³/mol. The fraction of sp³-hybridized carbons (Fsp3) is 0.938. The molecular weight excluding hydrogens is 254 g/mol. The normalized spacial score (nSPS) is 35.9. The summed E-state index contributed by atoms with van der Waals surface area (Å²) >= 11 is 0. The summed E-state index contributed by atoms with van der Waals surface area (Å²) in [5, 5.41) is 9.72. The summed E-state index contributed by atoms with van der Waals surface area (Å²) < 4.78 is 5.26. The minimum atomic E-state index is -0.585. The maximum atomic E-state index is 11.8. The second-order valence-corrected chi connectivity index (χ2v) is 6.97. The van der Waals surface area contributed by atoms with E-state index in [1.165, 1.54) is 12.8 Å². The van der Waals surface area contributed by atoms with Crippen LogP contribution in [0.15, 0.2) is 0 Å². The highest BCUT2D eigenvalue weighted by Crippen LogP contribution is 2.40. The average Bonchev–Trinajstić information content (AvgIpc) is 2.42. The molecule has 0 bridgehead atoms. The van der Waals surface area contributed by atoms with Crippen molar-refractivity contribution in [3.63, 3.8) is 0 Å². The van der Waals surface area contributed by atoms with Crippen LogP contribution < -0.4 is 0 Å². The molecule has 1 saturated heterocycles. The molecule has 1 aliphatic carbocycles. The van der Waals surface area contributed by atoms with Gasteiger partial charge >= 0.3 is 5.97 Å². The first-order valence-electron chi connectivity index (χ1n) is 8.00. The third-order valence-electron chi connectivity index (χ3n) is 5.22. The molecule has 0 spiro atoms. The van der Waals surface area contributed by atoms with E-state index >= 15 is 0 Å². The van der Waals surface area contributed by atoms with E-state index in [0.29, 0.717) is 11.8 Å². The minimum Gasteiger partial charge on any atom is -0.481 e. The van der Waals surface area contributed by atoms with E-state index in [4.69, 9.17) is 4.74 Å². The zero-order valence-electron chi connectivity index (χ0n) is 12.9. The minimum absolute atomic E-state index is 0.499. The van der Waals surface area contributed by atoms with Crippen LogP contribution in [-0.4, -0.2) is 49.3 Å². The SMILES string of the molecule is COCC1CCCN(CC2(C(=O)O)CCC(C)CC2)C1. The van der Waals surface area contributed by atoms with Crippen LogP contribution in [0.4, 0.5) is 0 Å².